The van der Waals surface area contributed by atoms with Crippen molar-refractivity contribution < 1.29 is 13.2 Å². The van der Waals surface area contributed by atoms with E-state index >= 15 is 0 Å². The second-order valence-corrected chi connectivity index (χ2v) is 37.2. The molecule has 2 atom stereocenters. The van der Waals surface area contributed by atoms with E-state index in [4.69, 9.17) is 109 Å². The Hall–Kier alpha value is -11.1. The summed E-state index contributed by atoms with van der Waals surface area (Å²) in [6.07, 6.45) is 16.7. The Morgan fingerprint density at radius 1 is 0.462 bits per heavy atom. The lowest BCUT2D eigenvalue weighted by molar-refractivity contribution is -0.137. The maximum absolute atomic E-state index is 13.3. The third-order valence-electron chi connectivity index (χ3n) is 23.4. The summed E-state index contributed by atoms with van der Waals surface area (Å²) >= 11 is 40.8. The van der Waals surface area contributed by atoms with Crippen molar-refractivity contribution in [3.05, 3.63) is 228 Å². The van der Waals surface area contributed by atoms with Crippen LogP contribution in [-0.2, 0) is 57.5 Å². The Balaban J connectivity index is 0.000000133. The number of alkyl halides is 3. The number of fused-ring (bicyclic) bond motifs is 13. The van der Waals surface area contributed by atoms with Gasteiger partial charge in [-0.05, 0) is 262 Å². The summed E-state index contributed by atoms with van der Waals surface area (Å²) in [6, 6.07) is 32.1. The van der Waals surface area contributed by atoms with Gasteiger partial charge in [-0.25, -0.2) is 44.9 Å². The first-order chi connectivity index (χ1) is 62.2. The highest BCUT2D eigenvalue weighted by Crippen LogP contribution is 2.43. The standard InChI is InChI=1S/C25H26F3N7S.C24H25ClN6S.2C23H25ClN6S/c1-14-19(6-7-21(30-14)35(3)17-8-9-34(2)13-17)32-24-29-12-15-10-22(36)31-20-11-16(25(26,27)28)4-5-18(20)23(15)33-24;1-13-20(9-14-8-17(31(2)3)5-7-19(14)27-13)29-24-26-12-15-10-22(32)28-21-11-16(25)4-6-18(21)23(15)30-24;1-14-19(7-4-8-25-14)28-23-26-13-16-11-21(31)27-20-12-18(24)15(6-5-9-30(2)3)10-17(20)22(16)29-23;1-14-15(5-4-8-30(2)3)9-18(13-25-14)27-23-26-12-16-10-21(31)28-20-11-17(24)6-7-19(20)22(16)29-23/h4-7,11-12,17H,8-10,13H2,1-3H3,(H,31,36)(H,29,32,33);4,6,9,11-12,17H,5,7-8,10H2,1-3H3,(H,28,32)(H,26,29,30);4,7-8,10,12-13H,5-6,9,11H2,1-3H3,(H,27,31)(H,26,28,29);6-7,9,11-13H,4-5,8,10H2,1-3H3,(H,28,31)(H,26,27,29). The number of hydrogen-bond donors (Lipinski definition) is 8. The zero-order chi connectivity index (χ0) is 91.9. The molecule has 0 amide bonds. The van der Waals surface area contributed by atoms with E-state index < -0.39 is 11.7 Å². The molecular weight excluding hydrogens is 1780 g/mol. The van der Waals surface area contributed by atoms with Gasteiger partial charge in [0, 0.05) is 176 Å². The highest BCUT2D eigenvalue weighted by molar-refractivity contribution is 7.81. The number of hydrogen-bond acceptors (Lipinski definition) is 25. The molecule has 0 saturated carbocycles. The third kappa shape index (κ3) is 23.1. The SMILES string of the molecule is Cc1nc(N(C)C2CCN(C)C2)ccc1Nc1ncc2c(n1)-c1ccc(C(F)(F)F)cc1NC(=S)C2.Cc1nc2c(cc1Nc1ncc3c(n1)-c1ccc(Cl)cc1NC(=S)C3)CC(N(C)C)CC2.Cc1ncc(Nc2ncc3c(n2)-c2ccc(Cl)cc2NC(=S)C3)cc1CCCN(C)C.Cc1ncccc1Nc1ncc2c(n1)-c1cc(CCCN(C)C)c(Cl)cc1NC(=S)C2. The Labute approximate surface area is 791 Å². The number of aromatic nitrogens is 12. The fourth-order valence-corrected chi connectivity index (χ4v) is 18.0. The van der Waals surface area contributed by atoms with Gasteiger partial charge in [-0.15, -0.1) is 0 Å². The topological polar surface area (TPSA) is 267 Å². The highest BCUT2D eigenvalue weighted by Gasteiger charge is 2.34. The number of nitrogens with one attached hydrogen (secondary N) is 8. The van der Waals surface area contributed by atoms with Crippen molar-refractivity contribution in [2.45, 2.75) is 123 Å². The summed E-state index contributed by atoms with van der Waals surface area (Å²) in [4.78, 5) is 69.6. The van der Waals surface area contributed by atoms with Gasteiger partial charge in [0.05, 0.1) is 94.3 Å². The van der Waals surface area contributed by atoms with Gasteiger partial charge in [0.25, 0.3) is 0 Å². The first-order valence-corrected chi connectivity index (χ1v) is 45.6. The van der Waals surface area contributed by atoms with E-state index in [0.29, 0.717) is 87.9 Å². The van der Waals surface area contributed by atoms with Gasteiger partial charge >= 0.3 is 6.18 Å². The average molecular weight is 1880 g/mol. The van der Waals surface area contributed by atoms with Crippen LogP contribution in [0.25, 0.3) is 45.0 Å². The number of aryl methyl sites for hydroxylation is 7. The van der Waals surface area contributed by atoms with E-state index in [-0.39, 0.29) is 5.69 Å². The molecule has 4 aromatic carbocycles. The van der Waals surface area contributed by atoms with Crippen molar-refractivity contribution in [2.24, 2.45) is 0 Å². The molecule has 2 unspecified atom stereocenters. The van der Waals surface area contributed by atoms with Crippen LogP contribution in [-0.4, -0.2) is 194 Å². The van der Waals surface area contributed by atoms with Crippen LogP contribution in [0.5, 0.6) is 0 Å². The largest absolute Gasteiger partial charge is 0.416 e. The van der Waals surface area contributed by atoms with Crippen LogP contribution in [0.1, 0.15) is 98.7 Å². The summed E-state index contributed by atoms with van der Waals surface area (Å²) in [5.74, 6) is 2.82. The maximum Gasteiger partial charge on any atom is 0.416 e. The number of halogens is 6. The van der Waals surface area contributed by atoms with E-state index in [9.17, 15) is 13.2 Å². The van der Waals surface area contributed by atoms with Crippen LogP contribution in [0.15, 0.2) is 140 Å². The minimum Gasteiger partial charge on any atom is -0.355 e. The highest BCUT2D eigenvalue weighted by atomic mass is 35.5. The molecule has 5 aliphatic heterocycles. The van der Waals surface area contributed by atoms with Crippen LogP contribution < -0.4 is 47.4 Å². The average Bonchev–Trinajstić information content (AvgIpc) is 1.57. The molecule has 0 bridgehead atoms. The molecule has 6 aliphatic rings. The predicted molar refractivity (Wildman–Crippen MR) is 536 cm³/mol. The molecule has 18 rings (SSSR count). The molecule has 130 heavy (non-hydrogen) atoms. The van der Waals surface area contributed by atoms with Gasteiger partial charge in [0.15, 0.2) is 0 Å². The van der Waals surface area contributed by atoms with Crippen molar-refractivity contribution in [3.8, 4) is 45.0 Å². The monoisotopic (exact) mass is 1880 g/mol. The Bertz CT molecular complexity index is 6320. The van der Waals surface area contributed by atoms with E-state index in [1.165, 1.54) is 22.9 Å². The summed E-state index contributed by atoms with van der Waals surface area (Å²) in [5, 5.41) is 28.1. The molecule has 672 valence electrons. The van der Waals surface area contributed by atoms with Gasteiger partial charge in [0.2, 0.25) is 23.8 Å². The van der Waals surface area contributed by atoms with Crippen LogP contribution in [0.2, 0.25) is 15.1 Å². The van der Waals surface area contributed by atoms with Gasteiger partial charge in [0.1, 0.15) is 5.82 Å². The fraction of sp³-hybridized carbons (Fsp3) is 0.326. The quantitative estimate of drug-likeness (QED) is 0.0350. The number of likely N-dealkylation sites (N-methyl/N-ethyl adjacent to an activating group) is 3. The zero-order valence-corrected chi connectivity index (χ0v) is 79.8. The molecule has 12 aromatic rings. The molecule has 0 radical (unpaired) electrons. The van der Waals surface area contributed by atoms with Crippen LogP contribution in [0, 0.1) is 27.7 Å². The molecular formula is C95H101Cl3F3N25S4. The van der Waals surface area contributed by atoms with Gasteiger partial charge in [-0.2, -0.15) is 13.2 Å². The molecule has 1 fully saturated rings. The lowest BCUT2D eigenvalue weighted by atomic mass is 9.90. The summed E-state index contributed by atoms with van der Waals surface area (Å²) in [5.41, 5.74) is 24.4. The number of rotatable bonds is 19. The molecule has 8 N–H and O–H groups in total. The van der Waals surface area contributed by atoms with Crippen molar-refractivity contribution >= 4 is 179 Å². The number of thiocarbonyl (C=S) groups is 4. The number of anilines is 13. The van der Waals surface area contributed by atoms with Gasteiger partial charge in [-0.3, -0.25) is 15.0 Å². The number of pyridine rings is 4. The minimum atomic E-state index is -4.45. The zero-order valence-electron chi connectivity index (χ0n) is 74.3. The van der Waals surface area contributed by atoms with Gasteiger partial charge < -0.3 is 67.0 Å². The smallest absolute Gasteiger partial charge is 0.355 e. The molecule has 0 spiro atoms. The summed E-state index contributed by atoms with van der Waals surface area (Å²) in [6.45, 7) is 12.1. The Morgan fingerprint density at radius 3 is 1.45 bits per heavy atom. The molecule has 1 aliphatic carbocycles. The van der Waals surface area contributed by atoms with Crippen LogP contribution in [0.4, 0.5) is 88.3 Å². The van der Waals surface area contributed by atoms with Crippen LogP contribution >= 0.6 is 83.7 Å². The first-order valence-electron chi connectivity index (χ1n) is 42.8. The molecule has 1 saturated heterocycles. The van der Waals surface area contributed by atoms with Crippen molar-refractivity contribution in [1.82, 2.24) is 79.4 Å². The van der Waals surface area contributed by atoms with Gasteiger partial charge in [-0.1, -0.05) is 89.7 Å². The fourth-order valence-electron chi connectivity index (χ4n) is 16.4. The van der Waals surface area contributed by atoms with Crippen LogP contribution in [0.3, 0.4) is 0 Å². The first kappa shape index (κ1) is 93.5. The van der Waals surface area contributed by atoms with E-state index in [0.717, 1.165) is 240 Å². The molecule has 25 nitrogen and oxygen atoms in total. The summed E-state index contributed by atoms with van der Waals surface area (Å²) in [7, 11) is 16.8. The number of nitrogens with zero attached hydrogens (tertiary/aromatic N) is 17. The Morgan fingerprint density at radius 2 is 0.946 bits per heavy atom. The maximum atomic E-state index is 13.3. The normalized spacial score (nSPS) is 15.2. The van der Waals surface area contributed by atoms with Crippen molar-refractivity contribution in [3.63, 3.8) is 0 Å². The van der Waals surface area contributed by atoms with Crippen molar-refractivity contribution in [1.29, 1.82) is 0 Å². The lowest BCUT2D eigenvalue weighted by Gasteiger charge is -2.30. The second kappa shape index (κ2) is 41.1. The van der Waals surface area contributed by atoms with E-state index in [1.54, 1.807) is 12.4 Å². The minimum absolute atomic E-state index is 0.279. The second-order valence-electron chi connectivity index (χ2n) is 33.9. The number of benzene rings is 4. The van der Waals surface area contributed by atoms with Crippen molar-refractivity contribution in [2.75, 3.05) is 130 Å². The molecule has 35 heteroatoms. The number of likely N-dealkylation sites (tertiary alicyclic amines) is 1. The van der Waals surface area contributed by atoms with E-state index in [2.05, 4.69) is 177 Å². The van der Waals surface area contributed by atoms with E-state index in [1.807, 2.05) is 119 Å². The Kier molecular flexibility index (Phi) is 29.6. The molecule has 8 aromatic heterocycles. The molecule has 13 heterocycles. The third-order valence-corrected chi connectivity index (χ3v) is 25.2. The lowest BCUT2D eigenvalue weighted by Crippen LogP contribution is -2.34. The predicted octanol–water partition coefficient (Wildman–Crippen LogP) is 20.1. The summed E-state index contributed by atoms with van der Waals surface area (Å²) < 4.78 is 39.8.